The van der Waals surface area contributed by atoms with Crippen molar-refractivity contribution >= 4 is 12.2 Å². The van der Waals surface area contributed by atoms with Gasteiger partial charge in [0.1, 0.15) is 0 Å². The van der Waals surface area contributed by atoms with E-state index in [-0.39, 0.29) is 6.29 Å². The average Bonchev–Trinajstić information content (AvgIpc) is 2.34. The highest BCUT2D eigenvalue weighted by Gasteiger charge is 2.23. The molecule has 1 aliphatic heterocycles. The summed E-state index contributed by atoms with van der Waals surface area (Å²) >= 11 is 0. The van der Waals surface area contributed by atoms with Gasteiger partial charge in [-0.25, -0.2) is 0 Å². The summed E-state index contributed by atoms with van der Waals surface area (Å²) in [4.78, 5) is 21.9. The number of β-amino-alcohol motifs (C(OH)–C–C–N with tert-alkyl or cyclic N) is 1. The van der Waals surface area contributed by atoms with Crippen LogP contribution in [0.2, 0.25) is 0 Å². The highest BCUT2D eigenvalue weighted by Crippen LogP contribution is 2.07. The fourth-order valence-electron chi connectivity index (χ4n) is 1.02. The molecule has 1 rings (SSSR count). The van der Waals surface area contributed by atoms with Gasteiger partial charge in [-0.05, 0) is 6.42 Å². The normalized spacial score (nSPS) is 24.9. The lowest BCUT2D eigenvalue weighted by atomic mass is 10.3. The van der Waals surface area contributed by atoms with Gasteiger partial charge >= 0.3 is 0 Å². The molecule has 1 fully saturated rings. The standard InChI is InChI=1S/C6H9NO3/c8-4-6(10)7-2-1-5(9)3-7/h4-5,9H,1-3H2. The lowest BCUT2D eigenvalue weighted by Gasteiger charge is -2.09. The summed E-state index contributed by atoms with van der Waals surface area (Å²) in [6, 6.07) is 0. The Morgan fingerprint density at radius 2 is 2.40 bits per heavy atom. The third kappa shape index (κ3) is 1.33. The van der Waals surface area contributed by atoms with Crippen LogP contribution in [0.4, 0.5) is 0 Å². The molecule has 10 heavy (non-hydrogen) atoms. The number of hydrogen-bond donors (Lipinski definition) is 1. The molecular formula is C6H9NO3. The van der Waals surface area contributed by atoms with Crippen molar-refractivity contribution in [2.45, 2.75) is 12.5 Å². The number of hydrogen-bond acceptors (Lipinski definition) is 3. The predicted molar refractivity (Wildman–Crippen MR) is 33.3 cm³/mol. The number of carbonyl (C=O) groups excluding carboxylic acids is 2. The van der Waals surface area contributed by atoms with Crippen LogP contribution in [0.1, 0.15) is 6.42 Å². The minimum absolute atomic E-state index is 0.276. The highest BCUT2D eigenvalue weighted by molar-refractivity contribution is 6.23. The molecule has 1 amide bonds. The van der Waals surface area contributed by atoms with Gasteiger partial charge in [-0.1, -0.05) is 0 Å². The topological polar surface area (TPSA) is 57.6 Å². The van der Waals surface area contributed by atoms with Crippen LogP contribution in [-0.2, 0) is 9.59 Å². The smallest absolute Gasteiger partial charge is 0.286 e. The lowest BCUT2D eigenvalue weighted by molar-refractivity contribution is -0.138. The maximum absolute atomic E-state index is 10.6. The summed E-state index contributed by atoms with van der Waals surface area (Å²) in [5.74, 6) is -0.531. The van der Waals surface area contributed by atoms with Crippen LogP contribution in [0.5, 0.6) is 0 Å². The van der Waals surface area contributed by atoms with Gasteiger partial charge in [-0.15, -0.1) is 0 Å². The molecular weight excluding hydrogens is 134 g/mol. The summed E-state index contributed by atoms with van der Waals surface area (Å²) in [6.07, 6.45) is 0.418. The third-order valence-corrected chi connectivity index (χ3v) is 1.58. The zero-order valence-electron chi connectivity index (χ0n) is 5.49. The van der Waals surface area contributed by atoms with E-state index in [9.17, 15) is 9.59 Å². The van der Waals surface area contributed by atoms with E-state index in [0.29, 0.717) is 19.5 Å². The van der Waals surface area contributed by atoms with Gasteiger partial charge in [-0.3, -0.25) is 9.59 Å². The predicted octanol–water partition coefficient (Wildman–Crippen LogP) is -1.22. The molecule has 0 aliphatic carbocycles. The Morgan fingerprint density at radius 1 is 1.70 bits per heavy atom. The molecule has 0 spiro atoms. The van der Waals surface area contributed by atoms with E-state index < -0.39 is 12.0 Å². The fourth-order valence-corrected chi connectivity index (χ4v) is 1.02. The first-order chi connectivity index (χ1) is 4.74. The third-order valence-electron chi connectivity index (χ3n) is 1.58. The molecule has 0 aromatic heterocycles. The Morgan fingerprint density at radius 3 is 2.80 bits per heavy atom. The molecule has 0 bridgehead atoms. The van der Waals surface area contributed by atoms with Crippen LogP contribution in [0.3, 0.4) is 0 Å². The van der Waals surface area contributed by atoms with E-state index >= 15 is 0 Å². The molecule has 0 aromatic rings. The van der Waals surface area contributed by atoms with Gasteiger partial charge in [0.15, 0.2) is 0 Å². The van der Waals surface area contributed by atoms with Crippen molar-refractivity contribution in [3.05, 3.63) is 0 Å². The number of aldehydes is 1. The van der Waals surface area contributed by atoms with Crippen LogP contribution < -0.4 is 0 Å². The first-order valence-electron chi connectivity index (χ1n) is 3.16. The molecule has 0 saturated carbocycles. The second-order valence-corrected chi connectivity index (χ2v) is 2.34. The van der Waals surface area contributed by atoms with Crippen molar-refractivity contribution in [1.29, 1.82) is 0 Å². The van der Waals surface area contributed by atoms with Gasteiger partial charge < -0.3 is 10.0 Å². The summed E-state index contributed by atoms with van der Waals surface area (Å²) in [6.45, 7) is 0.802. The van der Waals surface area contributed by atoms with Crippen molar-refractivity contribution in [2.75, 3.05) is 13.1 Å². The summed E-state index contributed by atoms with van der Waals surface area (Å²) < 4.78 is 0. The average molecular weight is 143 g/mol. The summed E-state index contributed by atoms with van der Waals surface area (Å²) in [5.41, 5.74) is 0. The van der Waals surface area contributed by atoms with E-state index in [1.54, 1.807) is 0 Å². The minimum atomic E-state index is -0.531. The number of rotatable bonds is 1. The van der Waals surface area contributed by atoms with Crippen molar-refractivity contribution in [1.82, 2.24) is 4.90 Å². The van der Waals surface area contributed by atoms with Gasteiger partial charge in [0.2, 0.25) is 6.29 Å². The number of carbonyl (C=O) groups is 2. The molecule has 0 aromatic carbocycles. The quantitative estimate of drug-likeness (QED) is 0.369. The Balaban J connectivity index is 2.44. The summed E-state index contributed by atoms with van der Waals surface area (Å²) in [5, 5.41) is 8.93. The maximum atomic E-state index is 10.6. The van der Waals surface area contributed by atoms with Gasteiger partial charge in [-0.2, -0.15) is 0 Å². The zero-order valence-corrected chi connectivity index (χ0v) is 5.49. The van der Waals surface area contributed by atoms with E-state index in [0.717, 1.165) is 0 Å². The van der Waals surface area contributed by atoms with E-state index in [1.807, 2.05) is 0 Å². The Kier molecular flexibility index (Phi) is 2.01. The lowest BCUT2D eigenvalue weighted by Crippen LogP contribution is -2.30. The number of amides is 1. The molecule has 1 atom stereocenters. The van der Waals surface area contributed by atoms with E-state index in [1.165, 1.54) is 4.90 Å². The van der Waals surface area contributed by atoms with Gasteiger partial charge in [0, 0.05) is 13.1 Å². The minimum Gasteiger partial charge on any atom is -0.391 e. The van der Waals surface area contributed by atoms with Crippen LogP contribution in [0.15, 0.2) is 0 Å². The van der Waals surface area contributed by atoms with E-state index in [2.05, 4.69) is 0 Å². The van der Waals surface area contributed by atoms with Crippen LogP contribution in [0.25, 0.3) is 0 Å². The number of aliphatic hydroxyl groups excluding tert-OH is 1. The van der Waals surface area contributed by atoms with Gasteiger partial charge in [0.05, 0.1) is 6.10 Å². The molecule has 1 saturated heterocycles. The second kappa shape index (κ2) is 2.79. The SMILES string of the molecule is O=CC(=O)N1CCC(O)C1. The van der Waals surface area contributed by atoms with Crippen molar-refractivity contribution in [3.8, 4) is 0 Å². The Labute approximate surface area is 58.4 Å². The molecule has 0 radical (unpaired) electrons. The Hall–Kier alpha value is -0.900. The fraction of sp³-hybridized carbons (Fsp3) is 0.667. The summed E-state index contributed by atoms with van der Waals surface area (Å²) in [7, 11) is 0. The van der Waals surface area contributed by atoms with E-state index in [4.69, 9.17) is 5.11 Å². The zero-order chi connectivity index (χ0) is 7.56. The molecule has 4 nitrogen and oxygen atoms in total. The van der Waals surface area contributed by atoms with Crippen molar-refractivity contribution in [2.24, 2.45) is 0 Å². The van der Waals surface area contributed by atoms with Gasteiger partial charge in [0.25, 0.3) is 5.91 Å². The first-order valence-corrected chi connectivity index (χ1v) is 3.16. The Bertz CT molecular complexity index is 157. The molecule has 4 heteroatoms. The monoisotopic (exact) mass is 143 g/mol. The molecule has 1 heterocycles. The molecule has 1 aliphatic rings. The molecule has 56 valence electrons. The highest BCUT2D eigenvalue weighted by atomic mass is 16.3. The van der Waals surface area contributed by atoms with Crippen LogP contribution in [-0.4, -0.2) is 41.4 Å². The molecule has 1 N–H and O–H groups in total. The second-order valence-electron chi connectivity index (χ2n) is 2.34. The van der Waals surface area contributed by atoms with Crippen molar-refractivity contribution in [3.63, 3.8) is 0 Å². The number of aliphatic hydroxyl groups is 1. The molecule has 1 unspecified atom stereocenters. The van der Waals surface area contributed by atoms with Crippen molar-refractivity contribution < 1.29 is 14.7 Å². The van der Waals surface area contributed by atoms with Crippen LogP contribution >= 0.6 is 0 Å². The largest absolute Gasteiger partial charge is 0.391 e. The maximum Gasteiger partial charge on any atom is 0.286 e. The van der Waals surface area contributed by atoms with Crippen LogP contribution in [0, 0.1) is 0 Å². The first kappa shape index (κ1) is 7.21. The number of nitrogens with zero attached hydrogens (tertiary/aromatic N) is 1. The number of likely N-dealkylation sites (tertiary alicyclic amines) is 1.